The van der Waals surface area contributed by atoms with Gasteiger partial charge in [-0.15, -0.1) is 0 Å². The van der Waals surface area contributed by atoms with Crippen LogP contribution in [-0.2, 0) is 9.47 Å². The molecule has 2 aromatic carbocycles. The molecule has 0 fully saturated rings. The number of methoxy groups -OCH3 is 2. The van der Waals surface area contributed by atoms with E-state index in [9.17, 15) is 14.7 Å². The Balaban J connectivity index is 1.93. The maximum absolute atomic E-state index is 12.8. The van der Waals surface area contributed by atoms with E-state index >= 15 is 0 Å². The van der Waals surface area contributed by atoms with Gasteiger partial charge in [0.05, 0.1) is 14.2 Å². The van der Waals surface area contributed by atoms with Crippen molar-refractivity contribution in [3.05, 3.63) is 66.2 Å². The van der Waals surface area contributed by atoms with Gasteiger partial charge in [-0.1, -0.05) is 18.2 Å². The lowest BCUT2D eigenvalue weighted by Gasteiger charge is -2.08. The first-order valence-corrected chi connectivity index (χ1v) is 9.83. The zero-order chi connectivity index (χ0) is 22.4. The van der Waals surface area contributed by atoms with E-state index in [0.29, 0.717) is 22.1 Å². The number of para-hydroxylation sites is 1. The van der Waals surface area contributed by atoms with Gasteiger partial charge in [0.1, 0.15) is 17.1 Å². The van der Waals surface area contributed by atoms with Gasteiger partial charge in [-0.3, -0.25) is 0 Å². The average molecular weight is 429 g/mol. The molecule has 5 rings (SSSR count). The molecule has 0 amide bonds. The summed E-state index contributed by atoms with van der Waals surface area (Å²) < 4.78 is 10.0. The number of H-pyrrole nitrogens is 3. The third-order valence-electron chi connectivity index (χ3n) is 5.57. The summed E-state index contributed by atoms with van der Waals surface area (Å²) in [7, 11) is 2.56. The fraction of sp³-hybridized carbons (Fsp3) is 0.0833. The lowest BCUT2D eigenvalue weighted by atomic mass is 9.94. The Bertz CT molecular complexity index is 1500. The molecule has 0 aliphatic rings. The van der Waals surface area contributed by atoms with E-state index < -0.39 is 11.9 Å². The summed E-state index contributed by atoms with van der Waals surface area (Å²) in [6, 6.07) is 12.6. The molecule has 3 aromatic heterocycles. The largest absolute Gasteiger partial charge is 0.508 e. The normalized spacial score (nSPS) is 11.2. The van der Waals surface area contributed by atoms with Crippen LogP contribution in [0.3, 0.4) is 0 Å². The predicted molar refractivity (Wildman–Crippen MR) is 120 cm³/mol. The van der Waals surface area contributed by atoms with Crippen molar-refractivity contribution < 1.29 is 24.2 Å². The van der Waals surface area contributed by atoms with Crippen LogP contribution in [0.2, 0.25) is 0 Å². The number of hydrogen-bond acceptors (Lipinski definition) is 5. The number of carbonyl (C=O) groups excluding carboxylic acids is 2. The first-order valence-electron chi connectivity index (χ1n) is 9.83. The standard InChI is InChI=1S/C24H19N3O5/c1-31-23(29)21-19(15-10-25-17-6-4-3-5-13(15)17)20(22(27-21)24(30)32-2)16-11-26-18-8-7-12(28)9-14(16)18/h3-11,25-28H,1-2H3. The fourth-order valence-corrected chi connectivity index (χ4v) is 4.14. The highest BCUT2D eigenvalue weighted by molar-refractivity contribution is 6.15. The van der Waals surface area contributed by atoms with Crippen LogP contribution in [0.4, 0.5) is 0 Å². The van der Waals surface area contributed by atoms with Gasteiger partial charge in [0.15, 0.2) is 0 Å². The molecule has 0 unspecified atom stereocenters. The number of phenolic OH excluding ortho intramolecular Hbond substituents is 1. The number of aromatic amines is 3. The van der Waals surface area contributed by atoms with Crippen LogP contribution < -0.4 is 0 Å². The van der Waals surface area contributed by atoms with Gasteiger partial charge in [0.2, 0.25) is 0 Å². The zero-order valence-electron chi connectivity index (χ0n) is 17.3. The monoisotopic (exact) mass is 429 g/mol. The molecule has 32 heavy (non-hydrogen) atoms. The predicted octanol–water partition coefficient (Wildman–Crippen LogP) is 4.59. The summed E-state index contributed by atoms with van der Waals surface area (Å²) in [6.07, 6.45) is 3.52. The number of hydrogen-bond donors (Lipinski definition) is 4. The maximum Gasteiger partial charge on any atom is 0.355 e. The van der Waals surface area contributed by atoms with Gasteiger partial charge in [-0.25, -0.2) is 9.59 Å². The number of ether oxygens (including phenoxy) is 2. The molecule has 0 radical (unpaired) electrons. The van der Waals surface area contributed by atoms with Crippen molar-refractivity contribution in [2.75, 3.05) is 14.2 Å². The minimum Gasteiger partial charge on any atom is -0.508 e. The van der Waals surface area contributed by atoms with Crippen LogP contribution >= 0.6 is 0 Å². The smallest absolute Gasteiger partial charge is 0.355 e. The molecule has 5 aromatic rings. The molecule has 160 valence electrons. The quantitative estimate of drug-likeness (QED) is 0.312. The van der Waals surface area contributed by atoms with Gasteiger partial charge in [0, 0.05) is 56.5 Å². The van der Waals surface area contributed by atoms with Gasteiger partial charge in [0.25, 0.3) is 0 Å². The molecular weight excluding hydrogens is 410 g/mol. The summed E-state index contributed by atoms with van der Waals surface area (Å²) in [6.45, 7) is 0. The molecular formula is C24H19N3O5. The lowest BCUT2D eigenvalue weighted by molar-refractivity contribution is 0.0591. The van der Waals surface area contributed by atoms with Crippen molar-refractivity contribution in [3.8, 4) is 28.0 Å². The number of benzene rings is 2. The molecule has 0 bridgehead atoms. The highest BCUT2D eigenvalue weighted by Crippen LogP contribution is 2.44. The number of fused-ring (bicyclic) bond motifs is 2. The second-order valence-corrected chi connectivity index (χ2v) is 7.29. The molecule has 4 N–H and O–H groups in total. The van der Waals surface area contributed by atoms with Crippen LogP contribution in [-0.4, -0.2) is 46.2 Å². The fourth-order valence-electron chi connectivity index (χ4n) is 4.14. The van der Waals surface area contributed by atoms with Crippen LogP contribution in [0.1, 0.15) is 21.0 Å². The topological polar surface area (TPSA) is 120 Å². The summed E-state index contributed by atoms with van der Waals surface area (Å²) in [4.78, 5) is 34.8. The van der Waals surface area contributed by atoms with Gasteiger partial charge in [-0.05, 0) is 24.3 Å². The third kappa shape index (κ3) is 2.84. The molecule has 8 nitrogen and oxygen atoms in total. The van der Waals surface area contributed by atoms with Crippen LogP contribution in [0, 0.1) is 0 Å². The number of rotatable bonds is 4. The van der Waals surface area contributed by atoms with Crippen LogP contribution in [0.25, 0.3) is 44.1 Å². The Morgan fingerprint density at radius 3 is 1.97 bits per heavy atom. The SMILES string of the molecule is COC(=O)c1[nH]c(C(=O)OC)c(-c2c[nH]c3ccc(O)cc23)c1-c1c[nH]c2ccccc12. The zero-order valence-corrected chi connectivity index (χ0v) is 17.3. The highest BCUT2D eigenvalue weighted by atomic mass is 16.5. The molecule has 8 heteroatoms. The van der Waals surface area contributed by atoms with Gasteiger partial charge in [-0.2, -0.15) is 0 Å². The van der Waals surface area contributed by atoms with Gasteiger partial charge >= 0.3 is 11.9 Å². The van der Waals surface area contributed by atoms with Crippen molar-refractivity contribution in [2.45, 2.75) is 0 Å². The highest BCUT2D eigenvalue weighted by Gasteiger charge is 2.31. The lowest BCUT2D eigenvalue weighted by Crippen LogP contribution is -2.06. The maximum atomic E-state index is 12.8. The Kier molecular flexibility index (Phi) is 4.48. The summed E-state index contributed by atoms with van der Waals surface area (Å²) in [5, 5.41) is 11.6. The second-order valence-electron chi connectivity index (χ2n) is 7.29. The molecule has 0 saturated carbocycles. The van der Waals surface area contributed by atoms with Crippen LogP contribution in [0.5, 0.6) is 5.75 Å². The van der Waals surface area contributed by atoms with Gasteiger partial charge < -0.3 is 29.5 Å². The van der Waals surface area contributed by atoms with E-state index in [-0.39, 0.29) is 17.1 Å². The first kappa shape index (κ1) is 19.5. The Morgan fingerprint density at radius 1 is 0.781 bits per heavy atom. The third-order valence-corrected chi connectivity index (χ3v) is 5.57. The number of carbonyl (C=O) groups is 2. The van der Waals surface area contributed by atoms with E-state index in [1.54, 1.807) is 30.6 Å². The Hall–Kier alpha value is -4.46. The number of aromatic nitrogens is 3. The molecule has 0 saturated heterocycles. The second kappa shape index (κ2) is 7.35. The minimum atomic E-state index is -0.634. The number of phenols is 1. The van der Waals surface area contributed by atoms with Crippen LogP contribution in [0.15, 0.2) is 54.9 Å². The van der Waals surface area contributed by atoms with E-state index in [0.717, 1.165) is 22.0 Å². The number of nitrogens with one attached hydrogen (secondary N) is 3. The van der Waals surface area contributed by atoms with Crippen molar-refractivity contribution in [3.63, 3.8) is 0 Å². The van der Waals surface area contributed by atoms with Crippen molar-refractivity contribution in [1.29, 1.82) is 0 Å². The number of esters is 2. The minimum absolute atomic E-state index is 0.0790. The Morgan fingerprint density at radius 2 is 1.34 bits per heavy atom. The Labute approximate surface area is 181 Å². The van der Waals surface area contributed by atoms with E-state index in [4.69, 9.17) is 9.47 Å². The summed E-state index contributed by atoms with van der Waals surface area (Å²) in [5.41, 5.74) is 4.19. The van der Waals surface area contributed by atoms with Crippen molar-refractivity contribution in [2.24, 2.45) is 0 Å². The molecule has 0 spiro atoms. The first-order chi connectivity index (χ1) is 15.5. The van der Waals surface area contributed by atoms with E-state index in [1.807, 2.05) is 24.3 Å². The average Bonchev–Trinajstić information content (AvgIpc) is 3.52. The molecule has 3 heterocycles. The number of aromatic hydroxyl groups is 1. The summed E-state index contributed by atoms with van der Waals surface area (Å²) in [5.74, 6) is -1.18. The van der Waals surface area contributed by atoms with Crippen molar-refractivity contribution >= 4 is 33.7 Å². The van der Waals surface area contributed by atoms with Crippen molar-refractivity contribution in [1.82, 2.24) is 15.0 Å². The van der Waals surface area contributed by atoms with E-state index in [2.05, 4.69) is 15.0 Å². The molecule has 0 atom stereocenters. The molecule has 0 aliphatic carbocycles. The molecule has 0 aliphatic heterocycles. The van der Waals surface area contributed by atoms with E-state index in [1.165, 1.54) is 14.2 Å². The summed E-state index contributed by atoms with van der Waals surface area (Å²) >= 11 is 0.